The van der Waals surface area contributed by atoms with Crippen LogP contribution in [0.15, 0.2) is 18.2 Å². The fourth-order valence-corrected chi connectivity index (χ4v) is 2.58. The Hall–Kier alpha value is -1.86. The zero-order chi connectivity index (χ0) is 16.1. The molecule has 22 heavy (non-hydrogen) atoms. The van der Waals surface area contributed by atoms with Crippen LogP contribution >= 0.6 is 22.9 Å². The highest BCUT2D eigenvalue weighted by Gasteiger charge is 2.13. The number of nitrogens with zero attached hydrogens (tertiary/aromatic N) is 2. The third-order valence-electron chi connectivity index (χ3n) is 2.86. The van der Waals surface area contributed by atoms with E-state index in [1.165, 1.54) is 11.3 Å². The Morgan fingerprint density at radius 2 is 2.05 bits per heavy atom. The van der Waals surface area contributed by atoms with Gasteiger partial charge in [-0.3, -0.25) is 10.1 Å². The van der Waals surface area contributed by atoms with Crippen molar-refractivity contribution in [1.82, 2.24) is 10.2 Å². The van der Waals surface area contributed by atoms with Crippen molar-refractivity contribution in [2.75, 3.05) is 19.5 Å². The number of anilines is 1. The zero-order valence-electron chi connectivity index (χ0n) is 12.4. The molecule has 118 valence electrons. The van der Waals surface area contributed by atoms with E-state index >= 15 is 0 Å². The second-order valence-electron chi connectivity index (χ2n) is 4.47. The summed E-state index contributed by atoms with van der Waals surface area (Å²) in [7, 11) is 3.18. The maximum atomic E-state index is 11.5. The molecular formula is C14H16ClN3O3S. The van der Waals surface area contributed by atoms with Gasteiger partial charge in [0.05, 0.1) is 14.2 Å². The highest BCUT2D eigenvalue weighted by atomic mass is 35.5. The van der Waals surface area contributed by atoms with E-state index in [4.69, 9.17) is 21.1 Å². The summed E-state index contributed by atoms with van der Waals surface area (Å²) in [4.78, 5) is 11.5. The van der Waals surface area contributed by atoms with Crippen LogP contribution in [0.25, 0.3) is 0 Å². The normalized spacial score (nSPS) is 11.8. The van der Waals surface area contributed by atoms with E-state index in [1.54, 1.807) is 21.1 Å². The molecule has 8 heteroatoms. The van der Waals surface area contributed by atoms with Gasteiger partial charge in [0.25, 0.3) is 0 Å². The molecule has 0 aliphatic rings. The summed E-state index contributed by atoms with van der Waals surface area (Å²) < 4.78 is 10.5. The van der Waals surface area contributed by atoms with Gasteiger partial charge in [-0.1, -0.05) is 17.4 Å². The zero-order valence-corrected chi connectivity index (χ0v) is 14.0. The molecule has 0 saturated heterocycles. The van der Waals surface area contributed by atoms with Gasteiger partial charge in [0.15, 0.2) is 11.5 Å². The molecule has 2 aromatic rings. The topological polar surface area (TPSA) is 73.3 Å². The third kappa shape index (κ3) is 4.08. The molecule has 1 amide bonds. The van der Waals surface area contributed by atoms with E-state index < -0.39 is 5.38 Å². The molecule has 0 aliphatic carbocycles. The van der Waals surface area contributed by atoms with Crippen LogP contribution in [0.5, 0.6) is 11.5 Å². The summed E-state index contributed by atoms with van der Waals surface area (Å²) in [5.74, 6) is 1.04. The van der Waals surface area contributed by atoms with E-state index in [9.17, 15) is 4.79 Å². The number of benzene rings is 1. The second kappa shape index (κ2) is 7.42. The minimum atomic E-state index is -0.613. The molecule has 1 heterocycles. The van der Waals surface area contributed by atoms with Crippen molar-refractivity contribution >= 4 is 34.0 Å². The maximum Gasteiger partial charge on any atom is 0.243 e. The lowest BCUT2D eigenvalue weighted by Crippen LogP contribution is -2.20. The molecule has 1 atom stereocenters. The van der Waals surface area contributed by atoms with Gasteiger partial charge < -0.3 is 9.47 Å². The van der Waals surface area contributed by atoms with E-state index in [1.807, 2.05) is 18.2 Å². The number of aromatic nitrogens is 2. The second-order valence-corrected chi connectivity index (χ2v) is 6.19. The molecule has 1 aromatic heterocycles. The lowest BCUT2D eigenvalue weighted by atomic mass is 10.1. The van der Waals surface area contributed by atoms with E-state index in [0.29, 0.717) is 23.1 Å². The molecule has 0 spiro atoms. The van der Waals surface area contributed by atoms with Crippen molar-refractivity contribution in [3.05, 3.63) is 28.8 Å². The van der Waals surface area contributed by atoms with Gasteiger partial charge in [-0.25, -0.2) is 0 Å². The van der Waals surface area contributed by atoms with Crippen molar-refractivity contribution in [2.45, 2.75) is 18.7 Å². The summed E-state index contributed by atoms with van der Waals surface area (Å²) in [5.41, 5.74) is 1.01. The van der Waals surface area contributed by atoms with Crippen LogP contribution in [-0.4, -0.2) is 35.7 Å². The van der Waals surface area contributed by atoms with E-state index in [-0.39, 0.29) is 5.91 Å². The van der Waals surface area contributed by atoms with Crippen LogP contribution < -0.4 is 14.8 Å². The highest BCUT2D eigenvalue weighted by molar-refractivity contribution is 7.15. The molecule has 0 aliphatic heterocycles. The molecule has 0 bridgehead atoms. The number of carbonyl (C=O) groups is 1. The SMILES string of the molecule is COc1ccc(Cc2nnc(NC(=O)[C@@H](C)Cl)s2)cc1OC. The van der Waals surface area contributed by atoms with Gasteiger partial charge >= 0.3 is 0 Å². The first kappa shape index (κ1) is 16.5. The summed E-state index contributed by atoms with van der Waals surface area (Å²) in [6, 6.07) is 5.66. The van der Waals surface area contributed by atoms with Gasteiger partial charge in [0.1, 0.15) is 10.4 Å². The van der Waals surface area contributed by atoms with Gasteiger partial charge in [0.2, 0.25) is 11.0 Å². The predicted molar refractivity (Wildman–Crippen MR) is 86.2 cm³/mol. The molecule has 2 rings (SSSR count). The first-order valence-corrected chi connectivity index (χ1v) is 7.77. The van der Waals surface area contributed by atoms with Crippen molar-refractivity contribution in [3.63, 3.8) is 0 Å². The fraction of sp³-hybridized carbons (Fsp3) is 0.357. The minimum absolute atomic E-state index is 0.296. The summed E-state index contributed by atoms with van der Waals surface area (Å²) in [5, 5.41) is 11.2. The maximum absolute atomic E-state index is 11.5. The standard InChI is InChI=1S/C14H16ClN3O3S/c1-8(15)13(19)16-14-18-17-12(22-14)7-9-4-5-10(20-2)11(6-9)21-3/h4-6,8H,7H2,1-3H3,(H,16,18,19)/t8-/m1/s1. The number of methoxy groups -OCH3 is 2. The molecule has 0 unspecified atom stereocenters. The van der Waals surface area contributed by atoms with E-state index in [2.05, 4.69) is 15.5 Å². The Kier molecular flexibility index (Phi) is 5.57. The van der Waals surface area contributed by atoms with Crippen LogP contribution in [-0.2, 0) is 11.2 Å². The Balaban J connectivity index is 2.08. The molecule has 0 fully saturated rings. The number of ether oxygens (including phenoxy) is 2. The largest absolute Gasteiger partial charge is 0.493 e. The van der Waals surface area contributed by atoms with Gasteiger partial charge in [-0.05, 0) is 24.6 Å². The Morgan fingerprint density at radius 1 is 1.32 bits per heavy atom. The smallest absolute Gasteiger partial charge is 0.243 e. The minimum Gasteiger partial charge on any atom is -0.493 e. The predicted octanol–water partition coefficient (Wildman–Crippen LogP) is 2.71. The number of nitrogens with one attached hydrogen (secondary N) is 1. The average molecular weight is 342 g/mol. The van der Waals surface area contributed by atoms with Gasteiger partial charge in [-0.2, -0.15) is 0 Å². The van der Waals surface area contributed by atoms with Crippen LogP contribution in [0.2, 0.25) is 0 Å². The van der Waals surface area contributed by atoms with Crippen LogP contribution in [0.1, 0.15) is 17.5 Å². The molecule has 1 N–H and O–H groups in total. The number of alkyl halides is 1. The highest BCUT2D eigenvalue weighted by Crippen LogP contribution is 2.29. The van der Waals surface area contributed by atoms with E-state index in [0.717, 1.165) is 10.6 Å². The van der Waals surface area contributed by atoms with Crippen molar-refractivity contribution in [3.8, 4) is 11.5 Å². The molecular weight excluding hydrogens is 326 g/mol. The summed E-state index contributed by atoms with van der Waals surface area (Å²) >= 11 is 7.01. The number of halogens is 1. The monoisotopic (exact) mass is 341 g/mol. The number of amides is 1. The fourth-order valence-electron chi connectivity index (χ4n) is 1.75. The third-order valence-corrected chi connectivity index (χ3v) is 3.90. The first-order chi connectivity index (χ1) is 10.5. The first-order valence-electron chi connectivity index (χ1n) is 6.51. The molecule has 1 aromatic carbocycles. The lowest BCUT2D eigenvalue weighted by Gasteiger charge is -2.08. The number of rotatable bonds is 6. The van der Waals surface area contributed by atoms with Crippen LogP contribution in [0, 0.1) is 0 Å². The summed E-state index contributed by atoms with van der Waals surface area (Å²) in [6.07, 6.45) is 0.588. The van der Waals surface area contributed by atoms with Gasteiger partial charge in [0, 0.05) is 6.42 Å². The Morgan fingerprint density at radius 3 is 2.68 bits per heavy atom. The van der Waals surface area contributed by atoms with Crippen molar-refractivity contribution < 1.29 is 14.3 Å². The van der Waals surface area contributed by atoms with Crippen LogP contribution in [0.4, 0.5) is 5.13 Å². The van der Waals surface area contributed by atoms with Crippen LogP contribution in [0.3, 0.4) is 0 Å². The lowest BCUT2D eigenvalue weighted by molar-refractivity contribution is -0.115. The number of hydrogen-bond acceptors (Lipinski definition) is 6. The van der Waals surface area contributed by atoms with Gasteiger partial charge in [-0.15, -0.1) is 21.8 Å². The number of hydrogen-bond donors (Lipinski definition) is 1. The Labute approximate surface area is 137 Å². The number of carbonyl (C=O) groups excluding carboxylic acids is 1. The average Bonchev–Trinajstić information content (AvgIpc) is 2.94. The quantitative estimate of drug-likeness (QED) is 0.818. The summed E-state index contributed by atoms with van der Waals surface area (Å²) in [6.45, 7) is 1.60. The molecule has 0 saturated carbocycles. The molecule has 6 nitrogen and oxygen atoms in total. The Bertz CT molecular complexity index is 661. The van der Waals surface area contributed by atoms with Crippen molar-refractivity contribution in [2.24, 2.45) is 0 Å². The molecule has 0 radical (unpaired) electrons. The van der Waals surface area contributed by atoms with Crippen molar-refractivity contribution in [1.29, 1.82) is 0 Å².